The molecule has 1 aliphatic rings. The first-order valence-electron chi connectivity index (χ1n) is 9.17. The van der Waals surface area contributed by atoms with E-state index >= 15 is 0 Å². The zero-order valence-corrected chi connectivity index (χ0v) is 15.6. The van der Waals surface area contributed by atoms with Gasteiger partial charge in [0.25, 0.3) is 0 Å². The molecule has 0 aliphatic carbocycles. The van der Waals surface area contributed by atoms with E-state index < -0.39 is 17.7 Å². The average molecular weight is 383 g/mol. The van der Waals surface area contributed by atoms with E-state index in [1.807, 2.05) is 6.92 Å². The summed E-state index contributed by atoms with van der Waals surface area (Å²) in [6.45, 7) is 4.16. The van der Waals surface area contributed by atoms with E-state index in [0.29, 0.717) is 36.9 Å². The van der Waals surface area contributed by atoms with Gasteiger partial charge in [0.2, 0.25) is 5.91 Å². The molecule has 0 bridgehead atoms. The number of halogens is 3. The standard InChI is InChI=1S/C20H24F3NO3/c1-3-5-8-18(25)24-11-6-7-14(12-19(26)27-4-2)16-10-9-15(13-17(16)24)20(21,22)23/h9-10,12-13H,3-8,11H2,1-2H3/b14-12+. The first kappa shape index (κ1) is 21.0. The predicted octanol–water partition coefficient (Wildman–Crippen LogP) is 4.97. The minimum atomic E-state index is -4.51. The minimum Gasteiger partial charge on any atom is -0.463 e. The second-order valence-corrected chi connectivity index (χ2v) is 6.40. The van der Waals surface area contributed by atoms with Crippen molar-refractivity contribution in [2.24, 2.45) is 0 Å². The molecule has 0 N–H and O–H groups in total. The third-order valence-corrected chi connectivity index (χ3v) is 4.41. The summed E-state index contributed by atoms with van der Waals surface area (Å²) < 4.78 is 44.5. The second-order valence-electron chi connectivity index (χ2n) is 6.40. The maximum Gasteiger partial charge on any atom is 0.416 e. The van der Waals surface area contributed by atoms with Crippen LogP contribution in [0, 0.1) is 0 Å². The van der Waals surface area contributed by atoms with Crippen LogP contribution in [0.5, 0.6) is 0 Å². The van der Waals surface area contributed by atoms with Crippen molar-refractivity contribution in [1.29, 1.82) is 0 Å². The molecule has 1 amide bonds. The first-order valence-corrected chi connectivity index (χ1v) is 9.17. The van der Waals surface area contributed by atoms with Gasteiger partial charge in [-0.25, -0.2) is 4.79 Å². The highest BCUT2D eigenvalue weighted by molar-refractivity contribution is 6.00. The zero-order valence-electron chi connectivity index (χ0n) is 15.6. The number of hydrogen-bond donors (Lipinski definition) is 0. The predicted molar refractivity (Wildman–Crippen MR) is 97.2 cm³/mol. The van der Waals surface area contributed by atoms with Crippen molar-refractivity contribution in [3.05, 3.63) is 35.4 Å². The molecule has 7 heteroatoms. The Bertz CT molecular complexity index is 726. The number of unbranched alkanes of at least 4 members (excludes halogenated alkanes) is 1. The van der Waals surface area contributed by atoms with Crippen molar-refractivity contribution in [3.63, 3.8) is 0 Å². The van der Waals surface area contributed by atoms with Crippen molar-refractivity contribution in [1.82, 2.24) is 0 Å². The average Bonchev–Trinajstić information content (AvgIpc) is 2.78. The Kier molecular flexibility index (Phi) is 7.05. The van der Waals surface area contributed by atoms with Crippen LogP contribution in [0.15, 0.2) is 24.3 Å². The molecule has 1 heterocycles. The normalized spacial score (nSPS) is 16.0. The molecule has 27 heavy (non-hydrogen) atoms. The van der Waals surface area contributed by atoms with Crippen molar-refractivity contribution in [3.8, 4) is 0 Å². The minimum absolute atomic E-state index is 0.199. The number of carbonyl (C=O) groups excluding carboxylic acids is 2. The van der Waals surface area contributed by atoms with Gasteiger partial charge in [-0.2, -0.15) is 13.2 Å². The third kappa shape index (κ3) is 5.34. The Balaban J connectivity index is 2.52. The highest BCUT2D eigenvalue weighted by Crippen LogP contribution is 2.39. The van der Waals surface area contributed by atoms with Gasteiger partial charge in [-0.15, -0.1) is 0 Å². The molecule has 0 saturated heterocycles. The number of nitrogens with zero attached hydrogens (tertiary/aromatic N) is 1. The quantitative estimate of drug-likeness (QED) is 0.533. The third-order valence-electron chi connectivity index (χ3n) is 4.41. The lowest BCUT2D eigenvalue weighted by atomic mass is 9.98. The maximum absolute atomic E-state index is 13.2. The highest BCUT2D eigenvalue weighted by atomic mass is 19.4. The van der Waals surface area contributed by atoms with Gasteiger partial charge in [-0.3, -0.25) is 4.79 Å². The number of alkyl halides is 3. The molecule has 1 aromatic carbocycles. The molecule has 0 spiro atoms. The van der Waals surface area contributed by atoms with E-state index in [1.165, 1.54) is 17.0 Å². The molecule has 2 rings (SSSR count). The molecule has 148 valence electrons. The van der Waals surface area contributed by atoms with Crippen LogP contribution in [0.25, 0.3) is 5.57 Å². The topological polar surface area (TPSA) is 46.6 Å². The van der Waals surface area contributed by atoms with Crippen LogP contribution in [0.1, 0.15) is 57.1 Å². The first-order chi connectivity index (χ1) is 12.8. The summed E-state index contributed by atoms with van der Waals surface area (Å²) in [5.74, 6) is -0.737. The van der Waals surface area contributed by atoms with E-state index in [4.69, 9.17) is 4.74 Å². The summed E-state index contributed by atoms with van der Waals surface area (Å²) in [6, 6.07) is 3.33. The van der Waals surface area contributed by atoms with Crippen LogP contribution in [-0.4, -0.2) is 25.0 Å². The van der Waals surface area contributed by atoms with Crippen molar-refractivity contribution < 1.29 is 27.5 Å². The molecular weight excluding hydrogens is 359 g/mol. The molecular formula is C20H24F3NO3. The second kappa shape index (κ2) is 9.06. The Morgan fingerprint density at radius 1 is 1.26 bits per heavy atom. The van der Waals surface area contributed by atoms with Crippen LogP contribution in [0.4, 0.5) is 18.9 Å². The van der Waals surface area contributed by atoms with Crippen LogP contribution in [-0.2, 0) is 20.5 Å². The molecule has 1 aromatic rings. The number of carbonyl (C=O) groups is 2. The summed E-state index contributed by atoms with van der Waals surface area (Å²) >= 11 is 0. The maximum atomic E-state index is 13.2. The number of rotatable bonds is 5. The largest absolute Gasteiger partial charge is 0.463 e. The summed E-state index contributed by atoms with van der Waals surface area (Å²) in [6.07, 6.45) is -0.380. The fraction of sp³-hybridized carbons (Fsp3) is 0.500. The summed E-state index contributed by atoms with van der Waals surface area (Å²) in [5, 5.41) is 0. The summed E-state index contributed by atoms with van der Waals surface area (Å²) in [4.78, 5) is 25.9. The van der Waals surface area contributed by atoms with Gasteiger partial charge in [0.15, 0.2) is 0 Å². The molecule has 0 atom stereocenters. The lowest BCUT2D eigenvalue weighted by molar-refractivity contribution is -0.138. The lowest BCUT2D eigenvalue weighted by Gasteiger charge is -2.24. The molecule has 0 saturated carbocycles. The van der Waals surface area contributed by atoms with E-state index in [2.05, 4.69) is 0 Å². The number of anilines is 1. The van der Waals surface area contributed by atoms with Gasteiger partial charge in [0.1, 0.15) is 0 Å². The number of benzene rings is 1. The van der Waals surface area contributed by atoms with E-state index in [9.17, 15) is 22.8 Å². The van der Waals surface area contributed by atoms with Gasteiger partial charge in [-0.1, -0.05) is 19.4 Å². The SMILES string of the molecule is CCCCC(=O)N1CCC/C(=C\C(=O)OCC)c2ccc(C(F)(F)F)cc21. The molecule has 0 radical (unpaired) electrons. The highest BCUT2D eigenvalue weighted by Gasteiger charge is 2.33. The Morgan fingerprint density at radius 3 is 2.63 bits per heavy atom. The fourth-order valence-electron chi connectivity index (χ4n) is 3.08. The Hall–Kier alpha value is -2.31. The van der Waals surface area contributed by atoms with Gasteiger partial charge in [0, 0.05) is 24.6 Å². The van der Waals surface area contributed by atoms with Gasteiger partial charge in [-0.05, 0) is 43.9 Å². The fourth-order valence-corrected chi connectivity index (χ4v) is 3.08. The Labute approximate surface area is 157 Å². The van der Waals surface area contributed by atoms with E-state index in [0.717, 1.165) is 18.6 Å². The van der Waals surface area contributed by atoms with Gasteiger partial charge >= 0.3 is 12.1 Å². The van der Waals surface area contributed by atoms with Crippen molar-refractivity contribution in [2.75, 3.05) is 18.1 Å². The van der Waals surface area contributed by atoms with Crippen LogP contribution >= 0.6 is 0 Å². The molecule has 0 aromatic heterocycles. The van der Waals surface area contributed by atoms with E-state index in [1.54, 1.807) is 6.92 Å². The van der Waals surface area contributed by atoms with Gasteiger partial charge < -0.3 is 9.64 Å². The summed E-state index contributed by atoms with van der Waals surface area (Å²) in [7, 11) is 0. The van der Waals surface area contributed by atoms with Crippen LogP contribution < -0.4 is 4.90 Å². The number of ether oxygens (including phenoxy) is 1. The van der Waals surface area contributed by atoms with Gasteiger partial charge in [0.05, 0.1) is 17.9 Å². The monoisotopic (exact) mass is 383 g/mol. The smallest absolute Gasteiger partial charge is 0.416 e. The van der Waals surface area contributed by atoms with Crippen LogP contribution in [0.3, 0.4) is 0 Å². The molecule has 0 fully saturated rings. The number of hydrogen-bond acceptors (Lipinski definition) is 3. The number of amides is 1. The zero-order chi connectivity index (χ0) is 20.0. The summed E-state index contributed by atoms with van der Waals surface area (Å²) in [5.41, 5.74) is 0.451. The van der Waals surface area contributed by atoms with Crippen LogP contribution in [0.2, 0.25) is 0 Å². The molecule has 1 aliphatic heterocycles. The van der Waals surface area contributed by atoms with E-state index in [-0.39, 0.29) is 24.6 Å². The lowest BCUT2D eigenvalue weighted by Crippen LogP contribution is -2.31. The van der Waals surface area contributed by atoms with Crippen molar-refractivity contribution >= 4 is 23.1 Å². The number of esters is 1. The number of fused-ring (bicyclic) bond motifs is 1. The number of allylic oxidation sites excluding steroid dienone is 1. The van der Waals surface area contributed by atoms with Crippen molar-refractivity contribution in [2.45, 2.75) is 52.1 Å². The Morgan fingerprint density at radius 2 is 2.00 bits per heavy atom. The molecule has 4 nitrogen and oxygen atoms in total. The molecule has 0 unspecified atom stereocenters.